The van der Waals surface area contributed by atoms with Crippen LogP contribution in [0.15, 0.2) is 40.9 Å². The van der Waals surface area contributed by atoms with Gasteiger partial charge in [-0.25, -0.2) is 0 Å². The van der Waals surface area contributed by atoms with E-state index in [0.717, 1.165) is 36.4 Å². The van der Waals surface area contributed by atoms with Gasteiger partial charge in [0.25, 0.3) is 0 Å². The molecule has 0 aliphatic heterocycles. The Hall–Kier alpha value is -3.09. The Balaban J connectivity index is 1.33. The third kappa shape index (κ3) is 4.72. The van der Waals surface area contributed by atoms with Crippen LogP contribution in [0.25, 0.3) is 0 Å². The summed E-state index contributed by atoms with van der Waals surface area (Å²) in [6, 6.07) is 11.9. The van der Waals surface area contributed by atoms with Gasteiger partial charge in [0.05, 0.1) is 18.2 Å². The van der Waals surface area contributed by atoms with Gasteiger partial charge in [0.15, 0.2) is 5.82 Å². The molecule has 30 heavy (non-hydrogen) atoms. The van der Waals surface area contributed by atoms with E-state index in [1.54, 1.807) is 6.07 Å². The minimum Gasteiger partial charge on any atom is -0.490 e. The quantitative estimate of drug-likeness (QED) is 0.590. The fourth-order valence-electron chi connectivity index (χ4n) is 4.03. The van der Waals surface area contributed by atoms with Crippen LogP contribution in [0.3, 0.4) is 0 Å². The van der Waals surface area contributed by atoms with Gasteiger partial charge in [0, 0.05) is 23.7 Å². The van der Waals surface area contributed by atoms with Crippen LogP contribution in [-0.4, -0.2) is 27.4 Å². The van der Waals surface area contributed by atoms with Crippen molar-refractivity contribution in [3.8, 4) is 5.75 Å². The molecule has 0 bridgehead atoms. The van der Waals surface area contributed by atoms with Gasteiger partial charge in [0.2, 0.25) is 5.91 Å². The number of hydrogen-bond acceptors (Lipinski definition) is 5. The molecule has 7 heteroatoms. The highest BCUT2D eigenvalue weighted by Gasteiger charge is 2.29. The molecule has 2 atom stereocenters. The first-order valence-corrected chi connectivity index (χ1v) is 10.5. The second kappa shape index (κ2) is 8.73. The average molecular weight is 409 g/mol. The summed E-state index contributed by atoms with van der Waals surface area (Å²) in [6.07, 6.45) is 3.28. The number of ether oxygens (including phenoxy) is 1. The van der Waals surface area contributed by atoms with Crippen molar-refractivity contribution in [2.45, 2.75) is 64.4 Å². The molecule has 0 saturated heterocycles. The van der Waals surface area contributed by atoms with Crippen LogP contribution in [0, 0.1) is 6.92 Å². The number of aromatic nitrogens is 3. The van der Waals surface area contributed by atoms with E-state index in [4.69, 9.17) is 9.26 Å². The van der Waals surface area contributed by atoms with E-state index >= 15 is 0 Å². The maximum Gasteiger partial charge on any atom is 0.233 e. The zero-order valence-electron chi connectivity index (χ0n) is 17.6. The third-order valence-corrected chi connectivity index (χ3v) is 5.54. The molecule has 0 radical (unpaired) electrons. The van der Waals surface area contributed by atoms with Gasteiger partial charge in [-0.1, -0.05) is 37.2 Å². The van der Waals surface area contributed by atoms with Gasteiger partial charge in [-0.15, -0.1) is 0 Å². The van der Waals surface area contributed by atoms with Crippen molar-refractivity contribution in [1.82, 2.24) is 15.4 Å². The highest BCUT2D eigenvalue weighted by molar-refractivity contribution is 5.91. The van der Waals surface area contributed by atoms with Gasteiger partial charge in [-0.05, 0) is 43.7 Å². The molecular formula is C23H28N4O3. The SMILES string of the molecule is Cc1cc(CC(=O)Nc2cc([C@H]3CC[C@@H](Oc4ccccc4C(C)C)C3)[nH]n2)on1. The minimum absolute atomic E-state index is 0.137. The van der Waals surface area contributed by atoms with Gasteiger partial charge < -0.3 is 14.6 Å². The van der Waals surface area contributed by atoms with Crippen LogP contribution in [0.4, 0.5) is 5.82 Å². The third-order valence-electron chi connectivity index (χ3n) is 5.54. The van der Waals surface area contributed by atoms with E-state index in [0.29, 0.717) is 23.4 Å². The van der Waals surface area contributed by atoms with Gasteiger partial charge in [-0.3, -0.25) is 9.89 Å². The van der Waals surface area contributed by atoms with Crippen LogP contribution in [0.2, 0.25) is 0 Å². The maximum atomic E-state index is 12.2. The Morgan fingerprint density at radius 3 is 2.90 bits per heavy atom. The van der Waals surface area contributed by atoms with Crippen molar-refractivity contribution in [2.24, 2.45) is 0 Å². The van der Waals surface area contributed by atoms with Gasteiger partial charge in [-0.2, -0.15) is 5.10 Å². The Kier molecular flexibility index (Phi) is 5.88. The van der Waals surface area contributed by atoms with Gasteiger partial charge in [0.1, 0.15) is 11.5 Å². The van der Waals surface area contributed by atoms with Crippen molar-refractivity contribution in [3.05, 3.63) is 59.1 Å². The Bertz CT molecular complexity index is 1010. The van der Waals surface area contributed by atoms with Crippen molar-refractivity contribution in [2.75, 3.05) is 5.32 Å². The predicted octanol–water partition coefficient (Wildman–Crippen LogP) is 4.73. The van der Waals surface area contributed by atoms with E-state index in [9.17, 15) is 4.79 Å². The second-order valence-electron chi connectivity index (χ2n) is 8.31. The number of anilines is 1. The Labute approximate surface area is 176 Å². The molecule has 0 unspecified atom stereocenters. The molecule has 4 rings (SSSR count). The molecule has 7 nitrogen and oxygen atoms in total. The molecule has 1 aliphatic rings. The highest BCUT2D eigenvalue weighted by atomic mass is 16.5. The van der Waals surface area contributed by atoms with Crippen LogP contribution < -0.4 is 10.1 Å². The number of carbonyl (C=O) groups excluding carboxylic acids is 1. The normalized spacial score (nSPS) is 18.7. The molecule has 1 fully saturated rings. The van der Waals surface area contributed by atoms with Crippen molar-refractivity contribution < 1.29 is 14.1 Å². The number of H-pyrrole nitrogens is 1. The largest absolute Gasteiger partial charge is 0.490 e. The van der Waals surface area contributed by atoms with Gasteiger partial charge >= 0.3 is 0 Å². The zero-order valence-corrected chi connectivity index (χ0v) is 17.6. The summed E-state index contributed by atoms with van der Waals surface area (Å²) in [7, 11) is 0. The highest BCUT2D eigenvalue weighted by Crippen LogP contribution is 2.37. The lowest BCUT2D eigenvalue weighted by atomic mass is 10.0. The molecule has 2 heterocycles. The van der Waals surface area contributed by atoms with Crippen LogP contribution >= 0.6 is 0 Å². The zero-order chi connectivity index (χ0) is 21.1. The first-order valence-electron chi connectivity index (χ1n) is 10.5. The molecule has 2 aromatic heterocycles. The first kappa shape index (κ1) is 20.2. The fraction of sp³-hybridized carbons (Fsp3) is 0.435. The Morgan fingerprint density at radius 2 is 2.13 bits per heavy atom. The van der Waals surface area contributed by atoms with E-state index in [1.807, 2.05) is 19.1 Å². The summed E-state index contributed by atoms with van der Waals surface area (Å²) < 4.78 is 11.4. The smallest absolute Gasteiger partial charge is 0.233 e. The van der Waals surface area contributed by atoms with Crippen molar-refractivity contribution in [1.29, 1.82) is 0 Å². The van der Waals surface area contributed by atoms with Crippen molar-refractivity contribution >= 4 is 11.7 Å². The lowest BCUT2D eigenvalue weighted by Gasteiger charge is -2.18. The summed E-state index contributed by atoms with van der Waals surface area (Å²) >= 11 is 0. The summed E-state index contributed by atoms with van der Waals surface area (Å²) in [5.41, 5.74) is 3.03. The maximum absolute atomic E-state index is 12.2. The molecule has 2 N–H and O–H groups in total. The lowest BCUT2D eigenvalue weighted by Crippen LogP contribution is -2.14. The van der Waals surface area contributed by atoms with Crippen molar-refractivity contribution in [3.63, 3.8) is 0 Å². The summed E-state index contributed by atoms with van der Waals surface area (Å²) in [6.45, 7) is 6.19. The number of hydrogen-bond donors (Lipinski definition) is 2. The lowest BCUT2D eigenvalue weighted by molar-refractivity contribution is -0.115. The number of aryl methyl sites for hydroxylation is 1. The number of nitrogens with zero attached hydrogens (tertiary/aromatic N) is 2. The van der Waals surface area contributed by atoms with E-state index in [1.165, 1.54) is 5.56 Å². The molecular weight excluding hydrogens is 380 g/mol. The number of nitrogens with one attached hydrogen (secondary N) is 2. The summed E-state index contributed by atoms with van der Waals surface area (Å²) in [5, 5.41) is 13.9. The number of para-hydroxylation sites is 1. The topological polar surface area (TPSA) is 93.0 Å². The fourth-order valence-corrected chi connectivity index (χ4v) is 4.03. The number of carbonyl (C=O) groups is 1. The Morgan fingerprint density at radius 1 is 1.30 bits per heavy atom. The number of rotatable bonds is 7. The standard InChI is InChI=1S/C23H28N4O3/c1-14(2)19-6-4-5-7-21(19)29-17-9-8-16(11-17)20-13-22(26-25-20)24-23(28)12-18-10-15(3)27-30-18/h4-7,10,13-14,16-17H,8-9,11-12H2,1-3H3,(H2,24,25,26,28)/t16-,17+/m0/s1. The summed E-state index contributed by atoms with van der Waals surface area (Å²) in [5.74, 6) is 2.65. The molecule has 0 spiro atoms. The second-order valence-corrected chi connectivity index (χ2v) is 8.31. The molecule has 3 aromatic rings. The van der Waals surface area contributed by atoms with E-state index < -0.39 is 0 Å². The summed E-state index contributed by atoms with van der Waals surface area (Å²) in [4.78, 5) is 12.2. The molecule has 1 amide bonds. The van der Waals surface area contributed by atoms with E-state index in [-0.39, 0.29) is 18.4 Å². The number of amides is 1. The monoisotopic (exact) mass is 408 g/mol. The van der Waals surface area contributed by atoms with Crippen LogP contribution in [0.5, 0.6) is 5.75 Å². The average Bonchev–Trinajstić information content (AvgIpc) is 3.44. The molecule has 1 aliphatic carbocycles. The minimum atomic E-state index is -0.179. The van der Waals surface area contributed by atoms with Crippen LogP contribution in [0.1, 0.15) is 67.7 Å². The number of aromatic amines is 1. The first-order chi connectivity index (χ1) is 14.5. The predicted molar refractivity (Wildman–Crippen MR) is 114 cm³/mol. The molecule has 1 saturated carbocycles. The molecule has 158 valence electrons. The van der Waals surface area contributed by atoms with Crippen LogP contribution in [-0.2, 0) is 11.2 Å². The molecule has 1 aromatic carbocycles. The number of benzene rings is 1. The van der Waals surface area contributed by atoms with E-state index in [2.05, 4.69) is 52.7 Å².